The van der Waals surface area contributed by atoms with Gasteiger partial charge >= 0.3 is 11.9 Å². The van der Waals surface area contributed by atoms with E-state index in [9.17, 15) is 43.5 Å². The minimum Gasteiger partial charge on any atom is -0.464 e. The predicted octanol–water partition coefficient (Wildman–Crippen LogP) is 2.79. The SMILES string of the molecule is CCC(CO)OC(COC(=O)CCCC(=O)NC(C)C(=O)OCCCNC(=O)[C@H](Cc1ccccc1)NC(=O)[C@H](C)[C@@H](OC)[C@@H]1CCCN1C(=O)C[C@@H](OC)[C@H]([C@@H](C)CC)N(C)C(=O)[C@@H](NC(=O)[C@@H](N)C(C)C)C(C)C)OC. The van der Waals surface area contributed by atoms with Gasteiger partial charge in [-0.05, 0) is 62.3 Å². The monoisotopic (exact) mass is 1110 g/mol. The second-order valence-corrected chi connectivity index (χ2v) is 21.0. The number of nitrogens with zero attached hydrogens (tertiary/aromatic N) is 2. The zero-order valence-corrected chi connectivity index (χ0v) is 48.7. The molecule has 22 heteroatoms. The zero-order chi connectivity index (χ0) is 58.6. The molecule has 0 saturated carbocycles. The second kappa shape index (κ2) is 36.1. The Labute approximate surface area is 462 Å². The van der Waals surface area contributed by atoms with Crippen LogP contribution in [0.4, 0.5) is 0 Å². The van der Waals surface area contributed by atoms with Gasteiger partial charge in [-0.15, -0.1) is 0 Å². The summed E-state index contributed by atoms with van der Waals surface area (Å²) in [5.41, 5.74) is 6.94. The van der Waals surface area contributed by atoms with Crippen LogP contribution in [0.25, 0.3) is 0 Å². The fraction of sp³-hybridized carbons (Fsp3) is 0.750. The van der Waals surface area contributed by atoms with Gasteiger partial charge in [0.1, 0.15) is 24.7 Å². The Morgan fingerprint density at radius 2 is 1.49 bits per heavy atom. The van der Waals surface area contributed by atoms with Gasteiger partial charge in [-0.3, -0.25) is 33.6 Å². The third kappa shape index (κ3) is 22.5. The van der Waals surface area contributed by atoms with Gasteiger partial charge in [0, 0.05) is 60.7 Å². The van der Waals surface area contributed by atoms with E-state index in [0.29, 0.717) is 32.2 Å². The number of carbonyl (C=O) groups is 8. The highest BCUT2D eigenvalue weighted by molar-refractivity contribution is 5.91. The number of amides is 6. The molecule has 1 saturated heterocycles. The van der Waals surface area contributed by atoms with Crippen LogP contribution in [0.1, 0.15) is 126 Å². The number of nitrogens with two attached hydrogens (primary N) is 1. The van der Waals surface area contributed by atoms with Crippen molar-refractivity contribution < 1.29 is 71.9 Å². The van der Waals surface area contributed by atoms with Gasteiger partial charge in [0.25, 0.3) is 0 Å². The maximum absolute atomic E-state index is 14.4. The molecule has 6 amide bonds. The third-order valence-electron chi connectivity index (χ3n) is 14.5. The summed E-state index contributed by atoms with van der Waals surface area (Å²) in [7, 11) is 6.06. The Balaban J connectivity index is 2.05. The summed E-state index contributed by atoms with van der Waals surface area (Å²) in [4.78, 5) is 110. The Kier molecular flexibility index (Phi) is 31.9. The molecule has 7 N–H and O–H groups in total. The van der Waals surface area contributed by atoms with Crippen LogP contribution in [0.3, 0.4) is 0 Å². The van der Waals surface area contributed by atoms with Gasteiger partial charge in [-0.2, -0.15) is 0 Å². The van der Waals surface area contributed by atoms with Crippen molar-refractivity contribution in [3.8, 4) is 0 Å². The molecule has 0 bridgehead atoms. The quantitative estimate of drug-likeness (QED) is 0.0317. The fourth-order valence-corrected chi connectivity index (χ4v) is 9.30. The largest absolute Gasteiger partial charge is 0.464 e. The molecule has 1 aromatic carbocycles. The number of benzene rings is 1. The van der Waals surface area contributed by atoms with Crippen LogP contribution in [-0.4, -0.2) is 184 Å². The zero-order valence-electron chi connectivity index (χ0n) is 48.7. The highest BCUT2D eigenvalue weighted by Gasteiger charge is 2.43. The van der Waals surface area contributed by atoms with E-state index in [4.69, 9.17) is 34.2 Å². The average Bonchev–Trinajstić information content (AvgIpc) is 3.91. The normalized spacial score (nSPS) is 17.8. The molecule has 1 aliphatic rings. The number of carbonyl (C=O) groups excluding carboxylic acids is 8. The summed E-state index contributed by atoms with van der Waals surface area (Å²) in [6, 6.07) is 4.53. The number of likely N-dealkylation sites (N-methyl/N-ethyl adjacent to an activating group) is 1. The van der Waals surface area contributed by atoms with Crippen molar-refractivity contribution in [3.05, 3.63) is 35.9 Å². The third-order valence-corrected chi connectivity index (χ3v) is 14.5. The number of aliphatic hydroxyl groups excluding tert-OH is 1. The maximum Gasteiger partial charge on any atom is 0.328 e. The number of nitrogens with one attached hydrogen (secondary N) is 4. The first kappa shape index (κ1) is 68.8. The van der Waals surface area contributed by atoms with Crippen molar-refractivity contribution in [2.75, 3.05) is 61.3 Å². The Hall–Kier alpha value is -5.26. The van der Waals surface area contributed by atoms with Gasteiger partial charge in [0.15, 0.2) is 6.29 Å². The molecule has 12 atom stereocenters. The van der Waals surface area contributed by atoms with Gasteiger partial charge in [-0.1, -0.05) is 92.1 Å². The van der Waals surface area contributed by atoms with Crippen molar-refractivity contribution >= 4 is 47.4 Å². The molecule has 0 aromatic heterocycles. The van der Waals surface area contributed by atoms with E-state index in [-0.39, 0.29) is 94.5 Å². The maximum atomic E-state index is 14.4. The lowest BCUT2D eigenvalue weighted by molar-refractivity contribution is -0.194. The van der Waals surface area contributed by atoms with E-state index < -0.39 is 102 Å². The number of rotatable bonds is 37. The summed E-state index contributed by atoms with van der Waals surface area (Å²) in [5, 5.41) is 20.5. The summed E-state index contributed by atoms with van der Waals surface area (Å²) < 4.78 is 33.2. The average molecular weight is 1110 g/mol. The summed E-state index contributed by atoms with van der Waals surface area (Å²) in [6.45, 7) is 16.4. The minimum absolute atomic E-state index is 0.0481. The lowest BCUT2D eigenvalue weighted by atomic mass is 9.89. The topological polar surface area (TPSA) is 293 Å². The molecule has 22 nitrogen and oxygen atoms in total. The molecule has 2 rings (SSSR count). The van der Waals surface area contributed by atoms with Crippen LogP contribution < -0.4 is 27.0 Å². The lowest BCUT2D eigenvalue weighted by Crippen LogP contribution is -2.59. The fourth-order valence-electron chi connectivity index (χ4n) is 9.30. The highest BCUT2D eigenvalue weighted by atomic mass is 16.7. The van der Waals surface area contributed by atoms with Crippen LogP contribution >= 0.6 is 0 Å². The van der Waals surface area contributed by atoms with Crippen LogP contribution in [0.15, 0.2) is 30.3 Å². The highest BCUT2D eigenvalue weighted by Crippen LogP contribution is 2.30. The molecule has 1 heterocycles. The number of hydrogen-bond acceptors (Lipinski definition) is 16. The second-order valence-electron chi connectivity index (χ2n) is 21.0. The molecule has 1 fully saturated rings. The van der Waals surface area contributed by atoms with E-state index in [1.54, 1.807) is 23.8 Å². The molecular formula is C56H95N7O15. The minimum atomic E-state index is -1.00. The van der Waals surface area contributed by atoms with Crippen LogP contribution in [-0.2, 0) is 73.2 Å². The van der Waals surface area contributed by atoms with Crippen molar-refractivity contribution in [1.29, 1.82) is 0 Å². The molecule has 1 aromatic rings. The summed E-state index contributed by atoms with van der Waals surface area (Å²) in [6.07, 6.45) is 0.0496. The number of likely N-dealkylation sites (tertiary alicyclic amines) is 1. The molecule has 444 valence electrons. The number of ether oxygens (including phenoxy) is 6. The van der Waals surface area contributed by atoms with E-state index in [0.717, 1.165) is 5.56 Å². The Morgan fingerprint density at radius 1 is 0.808 bits per heavy atom. The first-order valence-corrected chi connectivity index (χ1v) is 27.7. The van der Waals surface area contributed by atoms with E-state index in [2.05, 4.69) is 21.3 Å². The first-order valence-electron chi connectivity index (χ1n) is 27.7. The summed E-state index contributed by atoms with van der Waals surface area (Å²) >= 11 is 0. The van der Waals surface area contributed by atoms with E-state index in [1.165, 1.54) is 28.3 Å². The first-order chi connectivity index (χ1) is 37.0. The van der Waals surface area contributed by atoms with Crippen LogP contribution in [0.2, 0.25) is 0 Å². The van der Waals surface area contributed by atoms with Crippen LogP contribution in [0.5, 0.6) is 0 Å². The van der Waals surface area contributed by atoms with Crippen molar-refractivity contribution in [2.45, 2.75) is 187 Å². The van der Waals surface area contributed by atoms with Crippen molar-refractivity contribution in [1.82, 2.24) is 31.1 Å². The number of aliphatic hydroxyl groups is 1. The lowest BCUT2D eigenvalue weighted by Gasteiger charge is -2.41. The molecule has 0 aliphatic carbocycles. The molecular weight excluding hydrogens is 1010 g/mol. The predicted molar refractivity (Wildman–Crippen MR) is 292 cm³/mol. The van der Waals surface area contributed by atoms with Crippen LogP contribution in [0, 0.1) is 23.7 Å². The van der Waals surface area contributed by atoms with Crippen molar-refractivity contribution in [3.63, 3.8) is 0 Å². The molecule has 0 spiro atoms. The molecule has 78 heavy (non-hydrogen) atoms. The Bertz CT molecular complexity index is 2010. The number of esters is 2. The van der Waals surface area contributed by atoms with Crippen molar-refractivity contribution in [2.24, 2.45) is 29.4 Å². The summed E-state index contributed by atoms with van der Waals surface area (Å²) in [5.74, 6) is -4.91. The number of hydrogen-bond donors (Lipinski definition) is 6. The standard InChI is InChI=1S/C56H95N7O15/c1-14-36(7)50(62(10)55(71)49(35(5)6)61-54(70)48(57)34(3)4)43(73-11)31-45(66)63-28-20-24-42(63)51(75-13)37(8)52(68)60-41(30-39-22-17-16-18-23-39)53(69)58-27-21-29-76-56(72)38(9)59-44(65)25-19-26-46(67)77-33-47(74-12)78-40(15-2)32-64/h16-18,22-23,34-38,40-43,47-51,64H,14-15,19-21,24-33,57H2,1-13H3,(H,58,69)(H,59,65)(H,60,68)(H,61,70)/t36-,37+,38?,40?,41-,42-,43+,47?,48-,49-,50-,51+/m0/s1. The smallest absolute Gasteiger partial charge is 0.328 e. The van der Waals surface area contributed by atoms with Gasteiger partial charge in [0.2, 0.25) is 35.4 Å². The number of methoxy groups -OCH3 is 3. The molecule has 1 aliphatic heterocycles. The van der Waals surface area contributed by atoms with E-state index >= 15 is 0 Å². The van der Waals surface area contributed by atoms with E-state index in [1.807, 2.05) is 78.8 Å². The molecule has 3 unspecified atom stereocenters. The Morgan fingerprint density at radius 3 is 2.06 bits per heavy atom. The van der Waals surface area contributed by atoms with Gasteiger partial charge in [-0.25, -0.2) is 4.79 Å². The van der Waals surface area contributed by atoms with Gasteiger partial charge < -0.3 is 70.3 Å². The van der Waals surface area contributed by atoms with Gasteiger partial charge in [0.05, 0.1) is 62.0 Å². The molecule has 0 radical (unpaired) electrons.